The van der Waals surface area contributed by atoms with E-state index in [0.717, 1.165) is 19.1 Å². The van der Waals surface area contributed by atoms with E-state index in [2.05, 4.69) is 4.72 Å². The summed E-state index contributed by atoms with van der Waals surface area (Å²) in [4.78, 5) is 21.4. The van der Waals surface area contributed by atoms with Crippen LogP contribution in [0.15, 0.2) is 53.4 Å². The quantitative estimate of drug-likeness (QED) is 0.553. The summed E-state index contributed by atoms with van der Waals surface area (Å²) in [6, 6.07) is 10.5. The van der Waals surface area contributed by atoms with Crippen molar-refractivity contribution in [1.29, 1.82) is 0 Å². The van der Waals surface area contributed by atoms with Crippen LogP contribution in [-0.4, -0.2) is 31.5 Å². The second-order valence-corrected chi connectivity index (χ2v) is 7.14. The van der Waals surface area contributed by atoms with E-state index in [1.165, 1.54) is 43.5 Å². The van der Waals surface area contributed by atoms with Crippen molar-refractivity contribution in [3.8, 4) is 5.75 Å². The molecule has 2 rings (SSSR count). The Kier molecular flexibility index (Phi) is 5.28. The number of para-hydroxylation sites is 1. The van der Waals surface area contributed by atoms with Crippen LogP contribution < -0.4 is 9.46 Å². The number of sulfonamides is 1. The molecule has 0 amide bonds. The van der Waals surface area contributed by atoms with E-state index in [1.54, 1.807) is 0 Å². The zero-order valence-corrected chi connectivity index (χ0v) is 14.7. The summed E-state index contributed by atoms with van der Waals surface area (Å²) in [6.07, 6.45) is 0. The predicted molar refractivity (Wildman–Crippen MR) is 91.4 cm³/mol. The zero-order valence-electron chi connectivity index (χ0n) is 13.9. The molecular weight excluding hydrogens is 364 g/mol. The smallest absolute Gasteiger partial charge is 0.329 e. The normalized spacial score (nSPS) is 13.6. The number of hydrogen-bond acceptors (Lipinski definition) is 6. The molecule has 10 heteroatoms. The molecule has 0 bridgehead atoms. The highest BCUT2D eigenvalue weighted by atomic mass is 32.2. The number of rotatable bonds is 7. The molecular formula is C16H16N2O7S. The first-order valence-electron chi connectivity index (χ1n) is 7.27. The molecule has 0 heterocycles. The Morgan fingerprint density at radius 3 is 2.27 bits per heavy atom. The number of aliphatic carboxylic acids is 1. The first-order valence-corrected chi connectivity index (χ1v) is 8.75. The first-order chi connectivity index (χ1) is 12.1. The summed E-state index contributed by atoms with van der Waals surface area (Å²) in [5.41, 5.74) is -2.56. The SMILES string of the molecule is COc1ccc([C@@](C)(NS(=O)(=O)c2ccccc2[N+](=O)[O-])C(=O)O)cc1. The minimum absolute atomic E-state index is 0.132. The maximum Gasteiger partial charge on any atom is 0.329 e. The molecule has 0 saturated carbocycles. The molecule has 0 aliphatic rings. The van der Waals surface area contributed by atoms with Gasteiger partial charge in [0, 0.05) is 6.07 Å². The van der Waals surface area contributed by atoms with Gasteiger partial charge in [-0.05, 0) is 30.7 Å². The number of nitro groups is 1. The standard InChI is InChI=1S/C16H16N2O7S/c1-16(15(19)20,11-7-9-12(25-2)10-8-11)17-26(23,24)14-6-4-3-5-13(14)18(21)22/h3-10,17H,1-2H3,(H,19,20)/t16-/m1/s1. The molecule has 2 aromatic rings. The molecule has 138 valence electrons. The number of carbonyl (C=O) groups is 1. The molecule has 26 heavy (non-hydrogen) atoms. The van der Waals surface area contributed by atoms with Crippen LogP contribution in [0.5, 0.6) is 5.75 Å². The molecule has 2 aromatic carbocycles. The molecule has 2 N–H and O–H groups in total. The van der Waals surface area contributed by atoms with Crippen LogP contribution in [0.2, 0.25) is 0 Å². The number of nitrogens with zero attached hydrogens (tertiary/aromatic N) is 1. The maximum atomic E-state index is 12.7. The highest BCUT2D eigenvalue weighted by Crippen LogP contribution is 2.29. The fourth-order valence-corrected chi connectivity index (χ4v) is 3.84. The molecule has 0 unspecified atom stereocenters. The van der Waals surface area contributed by atoms with Crippen molar-refractivity contribution in [2.24, 2.45) is 0 Å². The molecule has 0 aromatic heterocycles. The van der Waals surface area contributed by atoms with Gasteiger partial charge in [-0.1, -0.05) is 24.3 Å². The molecule has 1 atom stereocenters. The van der Waals surface area contributed by atoms with Gasteiger partial charge in [-0.3, -0.25) is 10.1 Å². The molecule has 9 nitrogen and oxygen atoms in total. The predicted octanol–water partition coefficient (Wildman–Crippen LogP) is 1.88. The van der Waals surface area contributed by atoms with Gasteiger partial charge in [0.05, 0.1) is 12.0 Å². The minimum Gasteiger partial charge on any atom is -0.497 e. The van der Waals surface area contributed by atoms with E-state index in [9.17, 15) is 28.4 Å². The third-order valence-corrected chi connectivity index (χ3v) is 5.39. The van der Waals surface area contributed by atoms with Crippen LogP contribution in [0.4, 0.5) is 5.69 Å². The fourth-order valence-electron chi connectivity index (χ4n) is 2.31. The first kappa shape index (κ1) is 19.3. The fraction of sp³-hybridized carbons (Fsp3) is 0.188. The number of nitro benzene ring substituents is 1. The van der Waals surface area contributed by atoms with Crippen LogP contribution in [0.3, 0.4) is 0 Å². The van der Waals surface area contributed by atoms with E-state index < -0.39 is 37.0 Å². The van der Waals surface area contributed by atoms with Gasteiger partial charge in [-0.2, -0.15) is 4.72 Å². The topological polar surface area (TPSA) is 136 Å². The third-order valence-electron chi connectivity index (χ3n) is 3.79. The van der Waals surface area contributed by atoms with Crippen LogP contribution in [0.25, 0.3) is 0 Å². The lowest BCUT2D eigenvalue weighted by molar-refractivity contribution is -0.387. The maximum absolute atomic E-state index is 12.7. The Labute approximate surface area is 149 Å². The lowest BCUT2D eigenvalue weighted by Crippen LogP contribution is -2.49. The molecule has 0 saturated heterocycles. The van der Waals surface area contributed by atoms with Gasteiger partial charge in [0.2, 0.25) is 10.0 Å². The van der Waals surface area contributed by atoms with Crippen LogP contribution in [0, 0.1) is 10.1 Å². The Hall–Kier alpha value is -2.98. The van der Waals surface area contributed by atoms with E-state index >= 15 is 0 Å². The number of carboxylic acid groups (broad SMARTS) is 1. The van der Waals surface area contributed by atoms with Gasteiger partial charge in [-0.15, -0.1) is 0 Å². The van der Waals surface area contributed by atoms with E-state index in [1.807, 2.05) is 0 Å². The number of nitrogens with one attached hydrogen (secondary N) is 1. The summed E-state index contributed by atoms with van der Waals surface area (Å²) in [7, 11) is -3.07. The zero-order chi connectivity index (χ0) is 19.5. The van der Waals surface area contributed by atoms with Gasteiger partial charge < -0.3 is 9.84 Å². The molecule has 0 fully saturated rings. The molecule has 0 radical (unpaired) electrons. The number of benzene rings is 2. The van der Waals surface area contributed by atoms with Gasteiger partial charge in [-0.25, -0.2) is 13.2 Å². The second-order valence-electron chi connectivity index (χ2n) is 5.49. The van der Waals surface area contributed by atoms with Crippen LogP contribution in [0.1, 0.15) is 12.5 Å². The lowest BCUT2D eigenvalue weighted by atomic mass is 9.93. The van der Waals surface area contributed by atoms with Gasteiger partial charge in [0.25, 0.3) is 5.69 Å². The average molecular weight is 380 g/mol. The Morgan fingerprint density at radius 2 is 1.77 bits per heavy atom. The van der Waals surface area contributed by atoms with Crippen molar-refractivity contribution < 1.29 is 28.0 Å². The third kappa shape index (κ3) is 3.65. The Balaban J connectivity index is 2.52. The molecule has 0 aliphatic heterocycles. The monoisotopic (exact) mass is 380 g/mol. The minimum atomic E-state index is -4.51. The van der Waals surface area contributed by atoms with Gasteiger partial charge in [0.1, 0.15) is 5.75 Å². The van der Waals surface area contributed by atoms with E-state index in [-0.39, 0.29) is 5.56 Å². The van der Waals surface area contributed by atoms with Crippen LogP contribution >= 0.6 is 0 Å². The summed E-state index contributed by atoms with van der Waals surface area (Å²) in [5, 5.41) is 20.7. The number of methoxy groups -OCH3 is 1. The number of hydrogen-bond donors (Lipinski definition) is 2. The molecule has 0 aliphatic carbocycles. The highest BCUT2D eigenvalue weighted by molar-refractivity contribution is 7.89. The Morgan fingerprint density at radius 1 is 1.19 bits per heavy atom. The van der Waals surface area contributed by atoms with Crippen molar-refractivity contribution in [2.45, 2.75) is 17.4 Å². The van der Waals surface area contributed by atoms with Gasteiger partial charge in [0.15, 0.2) is 10.4 Å². The summed E-state index contributed by atoms with van der Waals surface area (Å²) < 4.78 is 32.4. The van der Waals surface area contributed by atoms with Crippen molar-refractivity contribution >= 4 is 21.7 Å². The van der Waals surface area contributed by atoms with Crippen LogP contribution in [-0.2, 0) is 20.4 Å². The number of ether oxygens (including phenoxy) is 1. The van der Waals surface area contributed by atoms with Crippen molar-refractivity contribution in [2.75, 3.05) is 7.11 Å². The summed E-state index contributed by atoms with van der Waals surface area (Å²) in [5.74, 6) is -1.01. The number of carboxylic acids is 1. The van der Waals surface area contributed by atoms with E-state index in [4.69, 9.17) is 4.74 Å². The average Bonchev–Trinajstić information content (AvgIpc) is 2.61. The summed E-state index contributed by atoms with van der Waals surface area (Å²) in [6.45, 7) is 1.16. The molecule has 0 spiro atoms. The Bertz CT molecular complexity index is 941. The second kappa shape index (κ2) is 7.10. The van der Waals surface area contributed by atoms with Crippen molar-refractivity contribution in [3.63, 3.8) is 0 Å². The van der Waals surface area contributed by atoms with Crippen molar-refractivity contribution in [3.05, 3.63) is 64.2 Å². The van der Waals surface area contributed by atoms with E-state index in [0.29, 0.717) is 5.75 Å². The van der Waals surface area contributed by atoms with Crippen molar-refractivity contribution in [1.82, 2.24) is 4.72 Å². The highest BCUT2D eigenvalue weighted by Gasteiger charge is 2.41. The lowest BCUT2D eigenvalue weighted by Gasteiger charge is -2.26. The summed E-state index contributed by atoms with van der Waals surface area (Å²) >= 11 is 0. The van der Waals surface area contributed by atoms with Gasteiger partial charge >= 0.3 is 5.97 Å². The largest absolute Gasteiger partial charge is 0.497 e.